The van der Waals surface area contributed by atoms with Crippen molar-refractivity contribution in [1.82, 2.24) is 0 Å². The van der Waals surface area contributed by atoms with Crippen molar-refractivity contribution in [2.45, 2.75) is 6.92 Å². The number of carbonyl (C=O) groups excluding carboxylic acids is 2. The monoisotopic (exact) mass is 548 g/mol. The van der Waals surface area contributed by atoms with Crippen LogP contribution in [-0.2, 0) is 9.59 Å². The van der Waals surface area contributed by atoms with Gasteiger partial charge in [0.05, 0.1) is 18.3 Å². The van der Waals surface area contributed by atoms with Gasteiger partial charge in [-0.25, -0.2) is 0 Å². The number of carbonyl (C=O) groups is 2. The van der Waals surface area contributed by atoms with Crippen molar-refractivity contribution in [2.24, 2.45) is 0 Å². The molecule has 0 spiro atoms. The lowest BCUT2D eigenvalue weighted by atomic mass is 10.1. The molecule has 0 bridgehead atoms. The van der Waals surface area contributed by atoms with E-state index >= 15 is 0 Å². The van der Waals surface area contributed by atoms with Crippen molar-refractivity contribution in [3.8, 4) is 17.2 Å². The Balaban J connectivity index is 0.000000165. The molecule has 2 heterocycles. The molecule has 0 saturated carbocycles. The number of ether oxygens (including phenoxy) is 1. The van der Waals surface area contributed by atoms with Crippen molar-refractivity contribution in [1.29, 1.82) is 0 Å². The summed E-state index contributed by atoms with van der Waals surface area (Å²) in [6, 6.07) is 25.3. The van der Waals surface area contributed by atoms with E-state index in [2.05, 4.69) is 21.3 Å². The molecule has 6 rings (SSSR count). The van der Waals surface area contributed by atoms with Crippen LogP contribution in [0.4, 0.5) is 22.7 Å². The molecule has 2 aliphatic heterocycles. The third kappa shape index (κ3) is 5.84. The minimum atomic E-state index is -0.151. The number of hydrogen-bond donors (Lipinski definition) is 6. The zero-order valence-electron chi connectivity index (χ0n) is 22.4. The number of aryl methyl sites for hydroxylation is 1. The van der Waals surface area contributed by atoms with Gasteiger partial charge in [0.25, 0.3) is 11.8 Å². The number of fused-ring (bicyclic) bond motifs is 2. The maximum Gasteiger partial charge on any atom is 0.257 e. The third-order valence-corrected chi connectivity index (χ3v) is 6.57. The predicted molar refractivity (Wildman–Crippen MR) is 161 cm³/mol. The SMILES string of the molecule is COc1ccc(N/C=C2/C(=O)Nc3ccccc32)cc1O.Cc1ccc(N/C=C2/C(=O)Nc3ccccc32)cc1O. The normalized spacial score (nSPS) is 14.9. The third-order valence-electron chi connectivity index (χ3n) is 6.57. The van der Waals surface area contributed by atoms with Crippen molar-refractivity contribution >= 4 is 45.7 Å². The molecule has 2 amide bonds. The molecule has 4 aromatic rings. The highest BCUT2D eigenvalue weighted by Gasteiger charge is 2.24. The highest BCUT2D eigenvalue weighted by atomic mass is 16.5. The van der Waals surface area contributed by atoms with Gasteiger partial charge in [0, 0.05) is 58.4 Å². The highest BCUT2D eigenvalue weighted by molar-refractivity contribution is 6.32. The van der Waals surface area contributed by atoms with Gasteiger partial charge in [-0.3, -0.25) is 9.59 Å². The van der Waals surface area contributed by atoms with E-state index in [0.717, 1.165) is 33.8 Å². The smallest absolute Gasteiger partial charge is 0.257 e. The molecule has 0 radical (unpaired) electrons. The Morgan fingerprint density at radius 3 is 1.66 bits per heavy atom. The average Bonchev–Trinajstić information content (AvgIpc) is 3.47. The fourth-order valence-electron chi connectivity index (χ4n) is 4.35. The first-order valence-corrected chi connectivity index (χ1v) is 12.8. The molecule has 206 valence electrons. The van der Waals surface area contributed by atoms with Gasteiger partial charge in [-0.2, -0.15) is 0 Å². The molecule has 41 heavy (non-hydrogen) atoms. The summed E-state index contributed by atoms with van der Waals surface area (Å²) in [6.07, 6.45) is 3.29. The van der Waals surface area contributed by atoms with Crippen molar-refractivity contribution in [3.63, 3.8) is 0 Å². The van der Waals surface area contributed by atoms with Gasteiger partial charge in [0.1, 0.15) is 5.75 Å². The molecular weight excluding hydrogens is 520 g/mol. The number of amides is 2. The largest absolute Gasteiger partial charge is 0.508 e. The minimum absolute atomic E-state index is 0.0390. The number of nitrogens with one attached hydrogen (secondary N) is 4. The lowest BCUT2D eigenvalue weighted by Gasteiger charge is -2.06. The highest BCUT2D eigenvalue weighted by Crippen LogP contribution is 2.33. The summed E-state index contributed by atoms with van der Waals surface area (Å²) in [4.78, 5) is 23.8. The van der Waals surface area contributed by atoms with Crippen LogP contribution in [0.2, 0.25) is 0 Å². The molecule has 0 saturated heterocycles. The standard InChI is InChI=1S/C16H14N2O3.C16H14N2O2/c1-21-15-7-6-10(8-14(15)19)17-9-12-11-4-2-3-5-13(11)18-16(12)20;1-10-6-7-11(8-15(10)19)17-9-13-12-4-2-3-5-14(12)18-16(13)20/h2-9,17,19H,1H3,(H,18,20);2-9,17,19H,1H3,(H,18,20)/b12-9+;13-9+. The average molecular weight is 549 g/mol. The van der Waals surface area contributed by atoms with Crippen LogP contribution >= 0.6 is 0 Å². The maximum atomic E-state index is 11.9. The fraction of sp³-hybridized carbons (Fsp3) is 0.0625. The summed E-state index contributed by atoms with van der Waals surface area (Å²) >= 11 is 0. The van der Waals surface area contributed by atoms with Gasteiger partial charge in [-0.05, 0) is 42.8 Å². The summed E-state index contributed by atoms with van der Waals surface area (Å²) in [5.41, 5.74) is 6.70. The maximum absolute atomic E-state index is 11.9. The summed E-state index contributed by atoms with van der Waals surface area (Å²) in [5, 5.41) is 31.0. The Labute approximate surface area is 236 Å². The minimum Gasteiger partial charge on any atom is -0.508 e. The van der Waals surface area contributed by atoms with Crippen LogP contribution in [0, 0.1) is 6.92 Å². The summed E-state index contributed by atoms with van der Waals surface area (Å²) < 4.78 is 4.98. The van der Waals surface area contributed by atoms with Gasteiger partial charge < -0.3 is 36.2 Å². The van der Waals surface area contributed by atoms with Crippen molar-refractivity contribution < 1.29 is 24.5 Å². The zero-order chi connectivity index (χ0) is 28.9. The molecule has 0 unspecified atom stereocenters. The lowest BCUT2D eigenvalue weighted by Crippen LogP contribution is -2.05. The number of rotatable bonds is 5. The van der Waals surface area contributed by atoms with Crippen LogP contribution in [0.3, 0.4) is 0 Å². The predicted octanol–water partition coefficient (Wildman–Crippen LogP) is 5.91. The zero-order valence-corrected chi connectivity index (χ0v) is 22.4. The Bertz CT molecular complexity index is 1710. The first kappa shape index (κ1) is 26.9. The Morgan fingerprint density at radius 1 is 0.683 bits per heavy atom. The number of benzene rings is 4. The number of anilines is 4. The second-order valence-electron chi connectivity index (χ2n) is 9.29. The molecule has 9 nitrogen and oxygen atoms in total. The van der Waals surface area contributed by atoms with Crippen molar-refractivity contribution in [2.75, 3.05) is 28.4 Å². The van der Waals surface area contributed by atoms with E-state index in [4.69, 9.17) is 4.74 Å². The molecule has 0 aromatic heterocycles. The Hall–Kier alpha value is -5.70. The van der Waals surface area contributed by atoms with E-state index in [0.29, 0.717) is 22.6 Å². The number of methoxy groups -OCH3 is 1. The van der Waals surface area contributed by atoms with Crippen molar-refractivity contribution in [3.05, 3.63) is 114 Å². The molecule has 4 aromatic carbocycles. The van der Waals surface area contributed by atoms with E-state index in [9.17, 15) is 19.8 Å². The molecule has 0 fully saturated rings. The van der Waals surface area contributed by atoms with E-state index in [1.165, 1.54) is 13.2 Å². The summed E-state index contributed by atoms with van der Waals surface area (Å²) in [5.74, 6) is 0.385. The van der Waals surface area contributed by atoms with Gasteiger partial charge in [0.2, 0.25) is 0 Å². The lowest BCUT2D eigenvalue weighted by molar-refractivity contribution is -0.111. The summed E-state index contributed by atoms with van der Waals surface area (Å²) in [7, 11) is 1.49. The van der Waals surface area contributed by atoms with Crippen LogP contribution in [0.5, 0.6) is 17.2 Å². The fourth-order valence-corrected chi connectivity index (χ4v) is 4.35. The van der Waals surface area contributed by atoms with Crippen LogP contribution in [0.1, 0.15) is 16.7 Å². The number of phenolic OH excluding ortho intramolecular Hbond substituents is 2. The van der Waals surface area contributed by atoms with Crippen LogP contribution in [0.25, 0.3) is 11.1 Å². The first-order valence-electron chi connectivity index (χ1n) is 12.8. The summed E-state index contributed by atoms with van der Waals surface area (Å²) in [6.45, 7) is 1.83. The Kier molecular flexibility index (Phi) is 7.60. The van der Waals surface area contributed by atoms with Gasteiger partial charge in [-0.1, -0.05) is 42.5 Å². The Morgan fingerprint density at radius 2 is 1.17 bits per heavy atom. The molecular formula is C32H28N4O5. The molecule has 6 N–H and O–H groups in total. The van der Waals surface area contributed by atoms with E-state index < -0.39 is 0 Å². The van der Waals surface area contributed by atoms with Crippen LogP contribution in [-0.4, -0.2) is 29.1 Å². The second kappa shape index (κ2) is 11.6. The quantitative estimate of drug-likeness (QED) is 0.171. The van der Waals surface area contributed by atoms with Gasteiger partial charge in [0.15, 0.2) is 11.5 Å². The molecule has 9 heteroatoms. The topological polar surface area (TPSA) is 132 Å². The van der Waals surface area contributed by atoms with Crippen LogP contribution < -0.4 is 26.0 Å². The van der Waals surface area contributed by atoms with Gasteiger partial charge in [-0.15, -0.1) is 0 Å². The number of hydrogen-bond acceptors (Lipinski definition) is 7. The molecule has 0 aliphatic carbocycles. The number of aromatic hydroxyl groups is 2. The molecule has 0 atom stereocenters. The van der Waals surface area contributed by atoms with Gasteiger partial charge >= 0.3 is 0 Å². The van der Waals surface area contributed by atoms with E-state index in [-0.39, 0.29) is 23.3 Å². The van der Waals surface area contributed by atoms with Crippen LogP contribution in [0.15, 0.2) is 97.3 Å². The molecule has 2 aliphatic rings. The first-order chi connectivity index (χ1) is 19.8. The van der Waals surface area contributed by atoms with E-state index in [1.54, 1.807) is 30.6 Å². The van der Waals surface area contributed by atoms with E-state index in [1.807, 2.05) is 67.6 Å². The number of phenols is 2. The second-order valence-corrected chi connectivity index (χ2v) is 9.29. The number of para-hydroxylation sites is 2.